The number of ether oxygens (including phenoxy) is 1. The first kappa shape index (κ1) is 25.3. The van der Waals surface area contributed by atoms with Gasteiger partial charge in [0.15, 0.2) is 0 Å². The molecule has 3 fully saturated rings. The molecule has 3 N–H and O–H groups in total. The number of likely N-dealkylation sites (tertiary alicyclic amines) is 1. The smallest absolute Gasteiger partial charge is 0.326 e. The van der Waals surface area contributed by atoms with Gasteiger partial charge in [-0.2, -0.15) is 0 Å². The maximum atomic E-state index is 13.5. The Kier molecular flexibility index (Phi) is 7.07. The van der Waals surface area contributed by atoms with Crippen molar-refractivity contribution in [3.05, 3.63) is 64.7 Å². The van der Waals surface area contributed by atoms with E-state index in [0.29, 0.717) is 17.5 Å². The molecule has 200 valence electrons. The van der Waals surface area contributed by atoms with Crippen molar-refractivity contribution in [3.63, 3.8) is 0 Å². The zero-order chi connectivity index (χ0) is 26.2. The van der Waals surface area contributed by atoms with Crippen LogP contribution in [0.1, 0.15) is 31.2 Å². The summed E-state index contributed by atoms with van der Waals surface area (Å²) < 4.78 is 6.00. The second kappa shape index (κ2) is 10.6. The summed E-state index contributed by atoms with van der Waals surface area (Å²) in [7, 11) is 2.16. The van der Waals surface area contributed by atoms with Crippen LogP contribution in [-0.4, -0.2) is 61.0 Å². The van der Waals surface area contributed by atoms with E-state index in [1.165, 1.54) is 12.8 Å². The van der Waals surface area contributed by atoms with Crippen molar-refractivity contribution in [1.29, 1.82) is 0 Å². The van der Waals surface area contributed by atoms with Gasteiger partial charge in [0.1, 0.15) is 11.5 Å². The van der Waals surface area contributed by atoms with Crippen LogP contribution in [0.25, 0.3) is 0 Å². The molecule has 4 unspecified atom stereocenters. The second-order valence-electron chi connectivity index (χ2n) is 10.6. The van der Waals surface area contributed by atoms with Crippen molar-refractivity contribution in [1.82, 2.24) is 20.9 Å². The van der Waals surface area contributed by atoms with Gasteiger partial charge in [-0.15, -0.1) is 0 Å². The predicted octanol–water partition coefficient (Wildman–Crippen LogP) is 4.18. The van der Waals surface area contributed by atoms with Gasteiger partial charge in [-0.1, -0.05) is 30.0 Å². The highest BCUT2D eigenvalue weighted by molar-refractivity contribution is 8.04. The molecule has 0 saturated carbocycles. The lowest BCUT2D eigenvalue weighted by molar-refractivity contribution is -0.116. The van der Waals surface area contributed by atoms with Crippen molar-refractivity contribution in [3.8, 4) is 11.5 Å². The first-order valence-corrected chi connectivity index (χ1v) is 14.4. The lowest BCUT2D eigenvalue weighted by atomic mass is 9.86. The molecule has 4 aliphatic rings. The zero-order valence-electron chi connectivity index (χ0n) is 21.9. The maximum Gasteiger partial charge on any atom is 0.326 e. The highest BCUT2D eigenvalue weighted by atomic mass is 32.2. The van der Waals surface area contributed by atoms with Gasteiger partial charge in [0.05, 0.1) is 16.3 Å². The molecule has 6 rings (SSSR count). The minimum atomic E-state index is -0.179. The molecule has 9 heteroatoms. The number of piperidine rings is 1. The lowest BCUT2D eigenvalue weighted by Crippen LogP contribution is -2.62. The first-order chi connectivity index (χ1) is 18.5. The summed E-state index contributed by atoms with van der Waals surface area (Å²) in [4.78, 5) is 31.7. The normalized spacial score (nSPS) is 26.8. The third kappa shape index (κ3) is 4.79. The summed E-state index contributed by atoms with van der Waals surface area (Å²) in [5, 5.41) is 9.88. The Bertz CT molecular complexity index is 1250. The van der Waals surface area contributed by atoms with E-state index in [2.05, 4.69) is 27.9 Å². The van der Waals surface area contributed by atoms with Crippen molar-refractivity contribution >= 4 is 29.4 Å². The minimum Gasteiger partial charge on any atom is -0.457 e. The van der Waals surface area contributed by atoms with E-state index in [1.54, 1.807) is 11.8 Å². The number of hydrogen-bond acceptors (Lipinski definition) is 6. The molecule has 38 heavy (non-hydrogen) atoms. The fourth-order valence-electron chi connectivity index (χ4n) is 6.26. The highest BCUT2D eigenvalue weighted by Crippen LogP contribution is 2.48. The third-order valence-electron chi connectivity index (χ3n) is 8.19. The summed E-state index contributed by atoms with van der Waals surface area (Å²) >= 11 is 1.55. The number of aryl methyl sites for hydroxylation is 1. The number of anilines is 1. The SMILES string of the molecule is Cc1cc(Oc2ccccc2)ccc1N1C(=O)NC2=C(C(=O)NCCC3CCCN3C)SC3NCCC1C23. The molecule has 0 aromatic heterocycles. The van der Waals surface area contributed by atoms with Crippen LogP contribution in [0.2, 0.25) is 0 Å². The van der Waals surface area contributed by atoms with Crippen molar-refractivity contribution in [2.24, 2.45) is 5.92 Å². The Morgan fingerprint density at radius 1 is 1.16 bits per heavy atom. The Labute approximate surface area is 228 Å². The number of thioether (sulfide) groups is 1. The standard InChI is InChI=1S/C29H35N5O3S/c1-18-17-21(37-20-8-4-3-5-9-20)10-11-22(18)34-23-13-15-31-28-24(23)25(32-29(34)36)26(38-28)27(35)30-14-12-19-7-6-16-33(19)2/h3-5,8-11,17,19,23-24,28,31H,6-7,12-16H2,1-2H3,(H,30,35)(H,32,36). The Hall–Kier alpha value is -3.01. The Balaban J connectivity index is 1.19. The van der Waals surface area contributed by atoms with Crippen LogP contribution in [0.5, 0.6) is 11.5 Å². The quantitative estimate of drug-likeness (QED) is 0.495. The van der Waals surface area contributed by atoms with E-state index in [-0.39, 0.29) is 29.3 Å². The molecule has 0 spiro atoms. The highest BCUT2D eigenvalue weighted by Gasteiger charge is 2.51. The van der Waals surface area contributed by atoms with Gasteiger partial charge in [-0.3, -0.25) is 9.69 Å². The predicted molar refractivity (Wildman–Crippen MR) is 150 cm³/mol. The number of amides is 3. The zero-order valence-corrected chi connectivity index (χ0v) is 22.7. The molecule has 3 amide bonds. The van der Waals surface area contributed by atoms with Crippen LogP contribution in [0.15, 0.2) is 59.1 Å². The number of benzene rings is 2. The van der Waals surface area contributed by atoms with Gasteiger partial charge in [0, 0.05) is 29.9 Å². The van der Waals surface area contributed by atoms with Crippen molar-refractivity contribution in [2.45, 2.75) is 50.1 Å². The van der Waals surface area contributed by atoms with E-state index >= 15 is 0 Å². The summed E-state index contributed by atoms with van der Waals surface area (Å²) in [5.41, 5.74) is 2.61. The first-order valence-electron chi connectivity index (χ1n) is 13.6. The largest absolute Gasteiger partial charge is 0.457 e. The molecular formula is C29H35N5O3S. The summed E-state index contributed by atoms with van der Waals surface area (Å²) in [6, 6.07) is 15.9. The molecule has 2 aromatic rings. The fraction of sp³-hybridized carbons (Fsp3) is 0.448. The molecule has 0 radical (unpaired) electrons. The Morgan fingerprint density at radius 2 is 2.00 bits per heavy atom. The molecule has 4 atom stereocenters. The topological polar surface area (TPSA) is 85.9 Å². The number of hydrogen-bond donors (Lipinski definition) is 3. The average Bonchev–Trinajstić information content (AvgIpc) is 3.49. The molecule has 0 bridgehead atoms. The molecule has 2 aromatic carbocycles. The lowest BCUT2D eigenvalue weighted by Gasteiger charge is -2.46. The fourth-order valence-corrected chi connectivity index (χ4v) is 7.68. The van der Waals surface area contributed by atoms with Crippen LogP contribution < -0.4 is 25.6 Å². The van der Waals surface area contributed by atoms with Crippen molar-refractivity contribution in [2.75, 3.05) is 31.6 Å². The van der Waals surface area contributed by atoms with Gasteiger partial charge in [0.25, 0.3) is 5.91 Å². The Morgan fingerprint density at radius 3 is 2.76 bits per heavy atom. The van der Waals surface area contributed by atoms with Crippen LogP contribution in [0, 0.1) is 12.8 Å². The molecule has 4 aliphatic heterocycles. The van der Waals surface area contributed by atoms with Gasteiger partial charge < -0.3 is 25.6 Å². The van der Waals surface area contributed by atoms with Crippen LogP contribution in [0.3, 0.4) is 0 Å². The number of para-hydroxylation sites is 1. The summed E-state index contributed by atoms with van der Waals surface area (Å²) in [5.74, 6) is 1.47. The van der Waals surface area contributed by atoms with Crippen LogP contribution in [0.4, 0.5) is 10.5 Å². The van der Waals surface area contributed by atoms with E-state index in [0.717, 1.165) is 54.4 Å². The molecule has 0 aliphatic carbocycles. The van der Waals surface area contributed by atoms with Crippen LogP contribution >= 0.6 is 11.8 Å². The minimum absolute atomic E-state index is 0.0190. The van der Waals surface area contributed by atoms with E-state index in [1.807, 2.05) is 60.4 Å². The number of nitrogens with one attached hydrogen (secondary N) is 3. The van der Waals surface area contributed by atoms with E-state index in [9.17, 15) is 9.59 Å². The monoisotopic (exact) mass is 533 g/mol. The number of urea groups is 1. The molecule has 4 heterocycles. The van der Waals surface area contributed by atoms with Gasteiger partial charge in [0.2, 0.25) is 0 Å². The molecule has 8 nitrogen and oxygen atoms in total. The number of rotatable bonds is 7. The molecule has 3 saturated heterocycles. The second-order valence-corrected chi connectivity index (χ2v) is 11.8. The van der Waals surface area contributed by atoms with E-state index in [4.69, 9.17) is 4.74 Å². The van der Waals surface area contributed by atoms with Crippen molar-refractivity contribution < 1.29 is 14.3 Å². The maximum absolute atomic E-state index is 13.5. The van der Waals surface area contributed by atoms with E-state index < -0.39 is 0 Å². The summed E-state index contributed by atoms with van der Waals surface area (Å²) in [6.45, 7) is 4.58. The average molecular weight is 534 g/mol. The number of carbonyl (C=O) groups is 2. The van der Waals surface area contributed by atoms with Gasteiger partial charge in [-0.25, -0.2) is 4.79 Å². The van der Waals surface area contributed by atoms with Gasteiger partial charge in [-0.05, 0) is 88.6 Å². The summed E-state index contributed by atoms with van der Waals surface area (Å²) in [6.07, 6.45) is 4.19. The number of nitrogens with zero attached hydrogens (tertiary/aromatic N) is 2. The van der Waals surface area contributed by atoms with Gasteiger partial charge >= 0.3 is 6.03 Å². The molecular weight excluding hydrogens is 498 g/mol. The third-order valence-corrected chi connectivity index (χ3v) is 9.54. The number of carbonyl (C=O) groups excluding carboxylic acids is 2. The van der Waals surface area contributed by atoms with Crippen LogP contribution in [-0.2, 0) is 4.79 Å².